The van der Waals surface area contributed by atoms with Crippen LogP contribution in [0.25, 0.3) is 104 Å². The maximum absolute atomic E-state index is 10.8. The van der Waals surface area contributed by atoms with Crippen LogP contribution < -0.4 is 35.7 Å². The Hall–Kier alpha value is -15.4. The molecular weight excluding hydrogens is 1540 g/mol. The second-order valence-electron chi connectivity index (χ2n) is 37.3. The molecule has 2 aromatic heterocycles. The van der Waals surface area contributed by atoms with Crippen molar-refractivity contribution >= 4 is 107 Å². The number of para-hydroxylation sites is 4. The number of nitrogens with zero attached hydrogens (tertiary/aromatic N) is 6. The van der Waals surface area contributed by atoms with Gasteiger partial charge in [-0.3, -0.25) is 0 Å². The first-order valence-electron chi connectivity index (χ1n) is 50.1. The van der Waals surface area contributed by atoms with Crippen molar-refractivity contribution in [3.8, 4) is 84.9 Å². The summed E-state index contributed by atoms with van der Waals surface area (Å²) < 4.78 is 154. The van der Waals surface area contributed by atoms with E-state index in [-0.39, 0.29) is 55.0 Å². The van der Waals surface area contributed by atoms with Gasteiger partial charge in [0.1, 0.15) is 23.0 Å². The molecule has 9 heteroatoms. The molecule has 2 aliphatic carbocycles. The first-order chi connectivity index (χ1) is 67.6. The second-order valence-corrected chi connectivity index (χ2v) is 37.3. The number of hydrogen-bond donors (Lipinski definition) is 0. The van der Waals surface area contributed by atoms with E-state index in [4.69, 9.17) is 16.0 Å². The summed E-state index contributed by atoms with van der Waals surface area (Å²) in [7, 11) is 0. The number of fused-ring (bicyclic) bond motifs is 28. The molecular formula is C118H85BN6O2. The van der Waals surface area contributed by atoms with Crippen molar-refractivity contribution in [2.75, 3.05) is 9.80 Å². The molecule has 0 N–H and O–H groups in total. The quantitative estimate of drug-likeness (QED) is 0.123. The molecule has 25 rings (SSSR count). The lowest BCUT2D eigenvalue weighted by Gasteiger charge is -2.46. The van der Waals surface area contributed by atoms with Gasteiger partial charge in [0.25, 0.3) is 6.71 Å². The van der Waals surface area contributed by atoms with Crippen molar-refractivity contribution in [1.29, 1.82) is 5.26 Å². The fourth-order valence-corrected chi connectivity index (χ4v) is 21.7. The Bertz CT molecular complexity index is 8500. The number of nitriles is 1. The minimum Gasteiger partial charge on any atom is -0.457 e. The van der Waals surface area contributed by atoms with Gasteiger partial charge in [-0.15, -0.1) is 0 Å². The summed E-state index contributed by atoms with van der Waals surface area (Å²) in [5, 5.41) is 10.4. The summed E-state index contributed by atoms with van der Waals surface area (Å²) in [6.45, 7) is 27.3. The van der Waals surface area contributed by atoms with E-state index in [2.05, 4.69) is 283 Å². The summed E-state index contributed by atoms with van der Waals surface area (Å²) >= 11 is 0. The Labute approximate surface area is 759 Å². The zero-order chi connectivity index (χ0) is 97.8. The Morgan fingerprint density at radius 3 is 1.17 bits per heavy atom. The molecule has 602 valence electrons. The van der Waals surface area contributed by atoms with Gasteiger partial charge in [0.15, 0.2) is 5.69 Å². The SMILES string of the molecule is [2H]c1c([2H])c([2H])c2c(c1[2H])c1c([2H])c(C#N)c([2H])c([2H])c1n2-c1ccc2c(c1)N(c1ccc(C(C)(C)C)cc1-c1ccc3c(c1)C1(c4ccccc4O3)c3ccccc3-c3ccccc31)c1cc(C(C)(C)C)cc3c1B2c1ccc(-n2c4c([2H])c([2H])c([2H])c([2H])c4c4c([2H])c([N+]#[C-])c([2H])c([2H])c42)cc1N3c1ccc(C(C)(C)C)cc1-c1ccc2c(c1)C1(c3ccccc3O2)c2ccccc2-c2ccccc21. The molecule has 0 fully saturated rings. The number of benzene rings is 17. The third-order valence-corrected chi connectivity index (χ3v) is 27.5. The minimum absolute atomic E-state index is 0.0786. The molecule has 8 nitrogen and oxygen atoms in total. The average molecular weight is 1640 g/mol. The first-order valence-corrected chi connectivity index (χ1v) is 43.1. The third-order valence-electron chi connectivity index (χ3n) is 27.5. The van der Waals surface area contributed by atoms with Gasteiger partial charge in [0, 0.05) is 86.4 Å². The van der Waals surface area contributed by atoms with Crippen molar-refractivity contribution in [2.24, 2.45) is 0 Å². The van der Waals surface area contributed by atoms with Gasteiger partial charge in [0.2, 0.25) is 0 Å². The normalized spacial score (nSPS) is 15.8. The van der Waals surface area contributed by atoms with Crippen LogP contribution in [0.2, 0.25) is 0 Å². The van der Waals surface area contributed by atoms with Crippen molar-refractivity contribution in [1.82, 2.24) is 9.13 Å². The number of anilines is 6. The number of aromatic nitrogens is 2. The van der Waals surface area contributed by atoms with E-state index in [9.17, 15) is 24.5 Å². The number of ether oxygens (including phenoxy) is 2. The molecule has 0 amide bonds. The second kappa shape index (κ2) is 26.6. The van der Waals surface area contributed by atoms with Gasteiger partial charge in [-0.2, -0.15) is 5.26 Å². The molecule has 0 unspecified atom stereocenters. The van der Waals surface area contributed by atoms with Crippen LogP contribution >= 0.6 is 0 Å². The topological polar surface area (TPSA) is 63.0 Å². The lowest BCUT2D eigenvalue weighted by Crippen LogP contribution is -2.61. The van der Waals surface area contributed by atoms with E-state index >= 15 is 0 Å². The standard InChI is InChI=1S/C118H85BN6O2/c1-114(2,3)73-46-54-101(85(62-73)71-44-57-111-95(60-71)117(93-37-21-25-41-109(93)126-111)89-33-17-11-27-79(89)80-28-12-18-34-90(80)117)124-105-67-77(122-99-39-23-15-31-83(99)87-59-70(69-120)43-53-103(87)122)49-51-97(105)119-98-52-50-78(123-100-40-24-16-32-84(100)88-66-76(121-10)48-56-104(88)123)68-106(98)125(108-65-75(116(7,8)9)64-107(124)113(108)119)102-55-47-74(115(4,5)6)63-86(102)72-45-58-112-96(61-72)118(94-38-22-26-42-110(94)127-112)91-35-19-13-29-81(91)82-30-14-20-36-92(82)118/h11-68H,1-9H3/i15D,16D,23D,24D,31D,32D,39D,40D,43D,48D,53D,56D,59D,66D. The van der Waals surface area contributed by atoms with E-state index < -0.39 is 130 Å². The van der Waals surface area contributed by atoms with Crippen molar-refractivity contribution in [3.05, 3.63) is 430 Å². The molecule has 4 aliphatic heterocycles. The molecule has 17 aromatic carbocycles. The number of hydrogen-bond acceptors (Lipinski definition) is 5. The van der Waals surface area contributed by atoms with Crippen LogP contribution in [-0.4, -0.2) is 15.8 Å². The van der Waals surface area contributed by atoms with Crippen LogP contribution in [-0.2, 0) is 27.1 Å². The smallest absolute Gasteiger partial charge is 0.252 e. The number of rotatable bonds is 6. The molecule has 19 aromatic rings. The zero-order valence-electron chi connectivity index (χ0n) is 85.0. The molecule has 0 radical (unpaired) electrons. The lowest BCUT2D eigenvalue weighted by atomic mass is 9.33. The predicted molar refractivity (Wildman–Crippen MR) is 522 cm³/mol. The largest absolute Gasteiger partial charge is 0.457 e. The van der Waals surface area contributed by atoms with Gasteiger partial charge in [0.05, 0.1) is 78.9 Å². The molecule has 2 spiro atoms. The Balaban J connectivity index is 0.834. The summed E-state index contributed by atoms with van der Waals surface area (Å²) in [5.74, 6) is 2.80. The minimum atomic E-state index is -0.908. The highest BCUT2D eigenvalue weighted by Crippen LogP contribution is 2.66. The molecule has 0 atom stereocenters. The lowest BCUT2D eigenvalue weighted by molar-refractivity contribution is 0.436. The summed E-state index contributed by atoms with van der Waals surface area (Å²) in [6.07, 6.45) is 0. The Morgan fingerprint density at radius 2 is 0.740 bits per heavy atom. The summed E-state index contributed by atoms with van der Waals surface area (Å²) in [4.78, 5) is 8.26. The molecule has 0 saturated carbocycles. The molecule has 127 heavy (non-hydrogen) atoms. The van der Waals surface area contributed by atoms with Crippen LogP contribution in [0.15, 0.2) is 352 Å². The fourth-order valence-electron chi connectivity index (χ4n) is 21.7. The van der Waals surface area contributed by atoms with E-state index in [1.807, 2.05) is 66.7 Å². The summed E-state index contributed by atoms with van der Waals surface area (Å²) in [6, 6.07) is 88.4. The highest BCUT2D eigenvalue weighted by molar-refractivity contribution is 7.00. The highest BCUT2D eigenvalue weighted by Gasteiger charge is 2.54. The fraction of sp³-hybridized carbons (Fsp3) is 0.119. The van der Waals surface area contributed by atoms with Crippen LogP contribution in [0.4, 0.5) is 39.8 Å². The van der Waals surface area contributed by atoms with Gasteiger partial charge in [-0.1, -0.05) is 274 Å². The Morgan fingerprint density at radius 1 is 0.346 bits per heavy atom. The van der Waals surface area contributed by atoms with Crippen molar-refractivity contribution in [3.63, 3.8) is 0 Å². The third kappa shape index (κ3) is 10.4. The maximum atomic E-state index is 10.8. The van der Waals surface area contributed by atoms with E-state index in [1.54, 1.807) is 9.13 Å². The van der Waals surface area contributed by atoms with Gasteiger partial charge in [-0.25, -0.2) is 4.85 Å². The van der Waals surface area contributed by atoms with Gasteiger partial charge < -0.3 is 28.4 Å². The molecule has 0 bridgehead atoms. The van der Waals surface area contributed by atoms with Gasteiger partial charge >= 0.3 is 0 Å². The monoisotopic (exact) mass is 1640 g/mol. The van der Waals surface area contributed by atoms with E-state index in [0.717, 1.165) is 123 Å². The predicted octanol–water partition coefficient (Wildman–Crippen LogP) is 28.5. The van der Waals surface area contributed by atoms with Crippen LogP contribution in [0.1, 0.15) is 148 Å². The maximum Gasteiger partial charge on any atom is 0.252 e. The average Bonchev–Trinajstić information content (AvgIpc) is 1.54. The van der Waals surface area contributed by atoms with Crippen LogP contribution in [0.3, 0.4) is 0 Å². The van der Waals surface area contributed by atoms with Crippen LogP contribution in [0, 0.1) is 17.9 Å². The van der Waals surface area contributed by atoms with Crippen LogP contribution in [0.5, 0.6) is 23.0 Å². The van der Waals surface area contributed by atoms with E-state index in [0.29, 0.717) is 56.5 Å². The van der Waals surface area contributed by atoms with Crippen molar-refractivity contribution in [2.45, 2.75) is 89.4 Å². The summed E-state index contributed by atoms with van der Waals surface area (Å²) in [5.41, 5.74) is 20.8. The molecule has 6 aliphatic rings. The molecule has 0 saturated heterocycles. The molecule has 6 heterocycles. The first kappa shape index (κ1) is 61.0. The van der Waals surface area contributed by atoms with E-state index in [1.165, 1.54) is 0 Å². The highest BCUT2D eigenvalue weighted by atomic mass is 16.5. The Kier molecular flexibility index (Phi) is 12.8. The zero-order valence-corrected chi connectivity index (χ0v) is 71.0. The van der Waals surface area contributed by atoms with Crippen molar-refractivity contribution < 1.29 is 28.7 Å². The van der Waals surface area contributed by atoms with Gasteiger partial charge in [-0.05, 0) is 250 Å².